The summed E-state index contributed by atoms with van der Waals surface area (Å²) in [4.78, 5) is 35.6. The Morgan fingerprint density at radius 2 is 1.82 bits per heavy atom. The van der Waals surface area contributed by atoms with E-state index in [1.165, 1.54) is 6.08 Å². The number of ether oxygens (including phenoxy) is 1. The maximum Gasteiger partial charge on any atom is 0.244 e. The zero-order chi connectivity index (χ0) is 27.4. The highest BCUT2D eigenvalue weighted by atomic mass is 16.5. The van der Waals surface area contributed by atoms with Crippen molar-refractivity contribution in [1.29, 1.82) is 0 Å². The first-order chi connectivity index (χ1) is 18.9. The van der Waals surface area contributed by atoms with E-state index >= 15 is 0 Å². The van der Waals surface area contributed by atoms with Gasteiger partial charge in [-0.15, -0.1) is 5.10 Å². The average molecular weight is 534 g/mol. The quantitative estimate of drug-likeness (QED) is 0.441. The minimum Gasteiger partial charge on any atom is -0.507 e. The molecule has 0 unspecified atom stereocenters. The second-order valence-electron chi connectivity index (χ2n) is 10.2. The summed E-state index contributed by atoms with van der Waals surface area (Å²) in [6, 6.07) is 9.22. The largest absolute Gasteiger partial charge is 0.507 e. The molecule has 1 aromatic carbocycles. The Balaban J connectivity index is 1.29. The number of aromatic nitrogens is 3. The van der Waals surface area contributed by atoms with Crippen LogP contribution in [0.15, 0.2) is 48.2 Å². The van der Waals surface area contributed by atoms with Crippen LogP contribution >= 0.6 is 0 Å². The van der Waals surface area contributed by atoms with Crippen LogP contribution in [0.3, 0.4) is 0 Å². The summed E-state index contributed by atoms with van der Waals surface area (Å²) < 4.78 is 7.40. The molecule has 5 rings (SSSR count). The predicted molar refractivity (Wildman–Crippen MR) is 147 cm³/mol. The molecule has 39 heavy (non-hydrogen) atoms. The third-order valence-electron chi connectivity index (χ3n) is 6.92. The van der Waals surface area contributed by atoms with Crippen LogP contribution < -0.4 is 10.2 Å². The van der Waals surface area contributed by atoms with Gasteiger partial charge < -0.3 is 25.0 Å². The molecule has 11 nitrogen and oxygen atoms in total. The SMILES string of the molecule is CC(C)=CC(=O)NCC(=O)N1CCN(Cc2cc3c(N4CCOCC4)nc(-c4ccccc4O)nn3c2)CC1. The molecular formula is C28H35N7O4. The number of benzene rings is 1. The summed E-state index contributed by atoms with van der Waals surface area (Å²) in [5.41, 5.74) is 3.49. The Bertz CT molecular complexity index is 1370. The van der Waals surface area contributed by atoms with E-state index in [9.17, 15) is 14.7 Å². The number of hydrogen-bond acceptors (Lipinski definition) is 8. The van der Waals surface area contributed by atoms with Crippen LogP contribution in [0.5, 0.6) is 5.75 Å². The molecule has 0 saturated carbocycles. The number of morpholine rings is 1. The fourth-order valence-corrected chi connectivity index (χ4v) is 4.91. The van der Waals surface area contributed by atoms with E-state index in [0.717, 1.165) is 55.2 Å². The van der Waals surface area contributed by atoms with Crippen LogP contribution in [0.2, 0.25) is 0 Å². The average Bonchev–Trinajstić information content (AvgIpc) is 3.34. The van der Waals surface area contributed by atoms with Gasteiger partial charge in [0.15, 0.2) is 11.6 Å². The Labute approximate surface area is 227 Å². The monoisotopic (exact) mass is 533 g/mol. The van der Waals surface area contributed by atoms with Crippen molar-refractivity contribution in [3.8, 4) is 17.1 Å². The van der Waals surface area contributed by atoms with E-state index < -0.39 is 0 Å². The second kappa shape index (κ2) is 11.8. The third kappa shape index (κ3) is 6.37. The topological polar surface area (TPSA) is 116 Å². The number of rotatable bonds is 7. The molecule has 2 aromatic heterocycles. The van der Waals surface area contributed by atoms with Gasteiger partial charge in [0.25, 0.3) is 0 Å². The summed E-state index contributed by atoms with van der Waals surface area (Å²) in [5, 5.41) is 17.8. The fourth-order valence-electron chi connectivity index (χ4n) is 4.91. The zero-order valence-corrected chi connectivity index (χ0v) is 22.5. The standard InChI is InChI=1S/C28H35N7O4/c1-20(2)15-25(37)29-17-26(38)33-9-7-32(8-10-33)18-21-16-23-28(34-11-13-39-14-12-34)30-27(31-35(23)19-21)22-5-3-4-6-24(22)36/h3-6,15-16,19,36H,7-14,17-18H2,1-2H3,(H,29,37). The van der Waals surface area contributed by atoms with E-state index in [1.54, 1.807) is 17.0 Å². The normalized spacial score (nSPS) is 16.4. The van der Waals surface area contributed by atoms with E-state index in [0.29, 0.717) is 37.7 Å². The van der Waals surface area contributed by atoms with Gasteiger partial charge in [-0.2, -0.15) is 0 Å². The Morgan fingerprint density at radius 1 is 1.08 bits per heavy atom. The Morgan fingerprint density at radius 3 is 2.54 bits per heavy atom. The second-order valence-corrected chi connectivity index (χ2v) is 10.2. The lowest BCUT2D eigenvalue weighted by atomic mass is 10.2. The van der Waals surface area contributed by atoms with Gasteiger partial charge in [-0.3, -0.25) is 14.5 Å². The molecule has 2 aliphatic heterocycles. The van der Waals surface area contributed by atoms with Crippen molar-refractivity contribution in [1.82, 2.24) is 29.7 Å². The number of carbonyl (C=O) groups is 2. The first-order valence-corrected chi connectivity index (χ1v) is 13.3. The number of aromatic hydroxyl groups is 1. The molecule has 0 radical (unpaired) electrons. The highest BCUT2D eigenvalue weighted by Crippen LogP contribution is 2.30. The molecule has 0 atom stereocenters. The van der Waals surface area contributed by atoms with Crippen LogP contribution in [0.25, 0.3) is 16.9 Å². The number of carbonyl (C=O) groups excluding carboxylic acids is 2. The van der Waals surface area contributed by atoms with Gasteiger partial charge in [-0.05, 0) is 37.6 Å². The van der Waals surface area contributed by atoms with Crippen molar-refractivity contribution in [3.05, 3.63) is 53.7 Å². The minimum absolute atomic E-state index is 0.00970. The summed E-state index contributed by atoms with van der Waals surface area (Å²) >= 11 is 0. The fraction of sp³-hybridized carbons (Fsp3) is 0.429. The van der Waals surface area contributed by atoms with Gasteiger partial charge in [-0.1, -0.05) is 17.7 Å². The van der Waals surface area contributed by atoms with E-state index in [-0.39, 0.29) is 24.1 Å². The van der Waals surface area contributed by atoms with Gasteiger partial charge in [0.2, 0.25) is 11.8 Å². The van der Waals surface area contributed by atoms with E-state index in [1.807, 2.05) is 36.7 Å². The molecular weight excluding hydrogens is 498 g/mol. The van der Waals surface area contributed by atoms with Crippen LogP contribution in [0.1, 0.15) is 19.4 Å². The van der Waals surface area contributed by atoms with Crippen LogP contribution in [0.4, 0.5) is 5.82 Å². The highest BCUT2D eigenvalue weighted by molar-refractivity contribution is 5.91. The van der Waals surface area contributed by atoms with Gasteiger partial charge in [0, 0.05) is 58.1 Å². The minimum atomic E-state index is -0.243. The molecule has 4 heterocycles. The number of amides is 2. The molecule has 206 valence electrons. The zero-order valence-electron chi connectivity index (χ0n) is 22.5. The number of allylic oxidation sites excluding steroid dienone is 1. The van der Waals surface area contributed by atoms with Crippen LogP contribution in [0, 0.1) is 0 Å². The molecule has 3 aromatic rings. The summed E-state index contributed by atoms with van der Waals surface area (Å²) in [5.74, 6) is 1.12. The summed E-state index contributed by atoms with van der Waals surface area (Å²) in [7, 11) is 0. The van der Waals surface area contributed by atoms with Crippen LogP contribution in [-0.2, 0) is 20.9 Å². The smallest absolute Gasteiger partial charge is 0.244 e. The maximum atomic E-state index is 12.6. The lowest BCUT2D eigenvalue weighted by Gasteiger charge is -2.34. The van der Waals surface area contributed by atoms with Crippen molar-refractivity contribution in [2.24, 2.45) is 0 Å². The summed E-state index contributed by atoms with van der Waals surface area (Å²) in [6.45, 7) is 9.87. The van der Waals surface area contributed by atoms with Gasteiger partial charge in [-0.25, -0.2) is 9.50 Å². The van der Waals surface area contributed by atoms with Crippen molar-refractivity contribution < 1.29 is 19.4 Å². The number of fused-ring (bicyclic) bond motifs is 1. The molecule has 2 saturated heterocycles. The summed E-state index contributed by atoms with van der Waals surface area (Å²) in [6.07, 6.45) is 3.51. The van der Waals surface area contributed by atoms with Gasteiger partial charge in [0.1, 0.15) is 11.3 Å². The number of piperazine rings is 1. The van der Waals surface area contributed by atoms with Crippen molar-refractivity contribution >= 4 is 23.1 Å². The molecule has 11 heteroatoms. The van der Waals surface area contributed by atoms with Crippen molar-refractivity contribution in [3.63, 3.8) is 0 Å². The number of nitrogens with one attached hydrogen (secondary N) is 1. The molecule has 0 spiro atoms. The molecule has 0 bridgehead atoms. The molecule has 2 N–H and O–H groups in total. The van der Waals surface area contributed by atoms with E-state index in [2.05, 4.69) is 21.2 Å². The Hall–Kier alpha value is -3.96. The number of para-hydroxylation sites is 1. The van der Waals surface area contributed by atoms with E-state index in [4.69, 9.17) is 14.8 Å². The first kappa shape index (κ1) is 26.6. The number of phenols is 1. The van der Waals surface area contributed by atoms with Crippen molar-refractivity contribution in [2.75, 3.05) is 63.9 Å². The molecule has 0 aliphatic carbocycles. The number of anilines is 1. The Kier molecular flexibility index (Phi) is 8.08. The van der Waals surface area contributed by atoms with Gasteiger partial charge in [0.05, 0.1) is 25.3 Å². The maximum absolute atomic E-state index is 12.6. The lowest BCUT2D eigenvalue weighted by Crippen LogP contribution is -2.50. The lowest BCUT2D eigenvalue weighted by molar-refractivity contribution is -0.133. The third-order valence-corrected chi connectivity index (χ3v) is 6.92. The van der Waals surface area contributed by atoms with Crippen LogP contribution in [-0.4, -0.2) is 100 Å². The number of nitrogens with zero attached hydrogens (tertiary/aromatic N) is 6. The molecule has 2 amide bonds. The molecule has 2 fully saturated rings. The number of phenolic OH excluding ortho intramolecular Hbond substituents is 1. The highest BCUT2D eigenvalue weighted by Gasteiger charge is 2.23. The predicted octanol–water partition coefficient (Wildman–Crippen LogP) is 1.67. The molecule has 2 aliphatic rings. The number of hydrogen-bond donors (Lipinski definition) is 2. The first-order valence-electron chi connectivity index (χ1n) is 13.3. The van der Waals surface area contributed by atoms with Crippen molar-refractivity contribution in [2.45, 2.75) is 20.4 Å². The van der Waals surface area contributed by atoms with Gasteiger partial charge >= 0.3 is 0 Å².